The van der Waals surface area contributed by atoms with Gasteiger partial charge in [0, 0.05) is 31.6 Å². The number of aliphatic hydroxyl groups is 1. The second kappa shape index (κ2) is 27.1. The molecule has 6 N–H and O–H groups in total. The molecule has 48 heavy (non-hydrogen) atoms. The molecule has 0 rings (SSSR count). The summed E-state index contributed by atoms with van der Waals surface area (Å²) in [6, 6.07) is -3.18. The number of hydrogen-bond donors (Lipinski definition) is 5. The summed E-state index contributed by atoms with van der Waals surface area (Å²) in [4.78, 5) is 76.1. The molecule has 0 aromatic rings. The molecule has 0 saturated carbocycles. The molecular formula is C37H68N4O7. The first-order valence-electron chi connectivity index (χ1n) is 18.7. The Bertz CT molecular complexity index is 971. The maximum atomic E-state index is 13.4. The van der Waals surface area contributed by atoms with Crippen LogP contribution in [0.1, 0.15) is 164 Å². The van der Waals surface area contributed by atoms with E-state index in [9.17, 15) is 33.9 Å². The average molecular weight is 681 g/mol. The Hall–Kier alpha value is -2.82. The first-order chi connectivity index (χ1) is 22.8. The monoisotopic (exact) mass is 681 g/mol. The van der Waals surface area contributed by atoms with Gasteiger partial charge in [0.15, 0.2) is 11.6 Å². The van der Waals surface area contributed by atoms with E-state index in [-0.39, 0.29) is 49.7 Å². The molecule has 11 nitrogen and oxygen atoms in total. The predicted molar refractivity (Wildman–Crippen MR) is 190 cm³/mol. The van der Waals surface area contributed by atoms with Gasteiger partial charge in [-0.15, -0.1) is 0 Å². The molecule has 6 atom stereocenters. The van der Waals surface area contributed by atoms with Gasteiger partial charge in [-0.05, 0) is 32.6 Å². The molecular weight excluding hydrogens is 612 g/mol. The Labute approximate surface area is 290 Å². The highest BCUT2D eigenvalue weighted by molar-refractivity contribution is 5.96. The van der Waals surface area contributed by atoms with Gasteiger partial charge in [0.25, 0.3) is 0 Å². The number of primary amides is 1. The van der Waals surface area contributed by atoms with Gasteiger partial charge < -0.3 is 26.8 Å². The van der Waals surface area contributed by atoms with Crippen molar-refractivity contribution in [1.82, 2.24) is 16.0 Å². The first-order valence-corrected chi connectivity index (χ1v) is 18.7. The van der Waals surface area contributed by atoms with Gasteiger partial charge in [-0.25, -0.2) is 0 Å². The zero-order chi connectivity index (χ0) is 36.5. The summed E-state index contributed by atoms with van der Waals surface area (Å²) in [5.74, 6) is -3.82. The Morgan fingerprint density at radius 2 is 1.17 bits per heavy atom. The molecule has 0 bridgehead atoms. The van der Waals surface area contributed by atoms with Crippen molar-refractivity contribution in [1.29, 1.82) is 0 Å². The molecule has 0 fully saturated rings. The minimum atomic E-state index is -1.35. The zero-order valence-corrected chi connectivity index (χ0v) is 30.9. The van der Waals surface area contributed by atoms with Crippen LogP contribution >= 0.6 is 0 Å². The normalized spacial score (nSPS) is 15.0. The highest BCUT2D eigenvalue weighted by atomic mass is 16.3. The number of Topliss-reactive ketones (excluding diaryl/α,β-unsaturated/α-hetero) is 2. The van der Waals surface area contributed by atoms with Gasteiger partial charge in [0.1, 0.15) is 12.1 Å². The summed E-state index contributed by atoms with van der Waals surface area (Å²) in [6.45, 7) is 10.6. The van der Waals surface area contributed by atoms with Gasteiger partial charge in [0.05, 0.1) is 12.1 Å². The number of aliphatic hydroxyl groups excluding tert-OH is 1. The fourth-order valence-corrected chi connectivity index (χ4v) is 5.74. The summed E-state index contributed by atoms with van der Waals surface area (Å²) in [5.41, 5.74) is 5.31. The van der Waals surface area contributed by atoms with Gasteiger partial charge >= 0.3 is 0 Å². The maximum absolute atomic E-state index is 13.4. The van der Waals surface area contributed by atoms with E-state index in [1.54, 1.807) is 13.8 Å². The van der Waals surface area contributed by atoms with Crippen molar-refractivity contribution in [2.24, 2.45) is 17.6 Å². The topological polar surface area (TPSA) is 185 Å². The van der Waals surface area contributed by atoms with E-state index in [0.717, 1.165) is 19.3 Å². The molecule has 0 aliphatic rings. The average Bonchev–Trinajstić information content (AvgIpc) is 3.04. The summed E-state index contributed by atoms with van der Waals surface area (Å²) in [6.07, 6.45) is 14.7. The molecule has 0 aromatic heterocycles. The molecule has 0 aliphatic carbocycles. The summed E-state index contributed by atoms with van der Waals surface area (Å²) < 4.78 is 0. The Morgan fingerprint density at radius 3 is 1.62 bits per heavy atom. The van der Waals surface area contributed by atoms with Crippen LogP contribution in [-0.4, -0.2) is 64.5 Å². The summed E-state index contributed by atoms with van der Waals surface area (Å²) in [5, 5.41) is 18.4. The summed E-state index contributed by atoms with van der Waals surface area (Å²) >= 11 is 0. The number of carbonyl (C=O) groups is 6. The van der Waals surface area contributed by atoms with Gasteiger partial charge in [0.2, 0.25) is 23.6 Å². The minimum absolute atomic E-state index is 0.0620. The molecule has 11 heteroatoms. The van der Waals surface area contributed by atoms with Crippen LogP contribution < -0.4 is 21.7 Å². The largest absolute Gasteiger partial charge is 0.391 e. The van der Waals surface area contributed by atoms with E-state index in [1.807, 2.05) is 13.8 Å². The number of nitrogens with one attached hydrogen (secondary N) is 3. The molecule has 0 heterocycles. The van der Waals surface area contributed by atoms with Crippen LogP contribution in [0.25, 0.3) is 0 Å². The molecule has 0 unspecified atom stereocenters. The minimum Gasteiger partial charge on any atom is -0.391 e. The zero-order valence-electron chi connectivity index (χ0n) is 30.9. The first kappa shape index (κ1) is 45.2. The van der Waals surface area contributed by atoms with E-state index < -0.39 is 53.7 Å². The number of rotatable bonds is 30. The molecule has 0 saturated heterocycles. The third kappa shape index (κ3) is 20.5. The van der Waals surface area contributed by atoms with E-state index in [2.05, 4.69) is 22.9 Å². The van der Waals surface area contributed by atoms with Crippen LogP contribution in [0.3, 0.4) is 0 Å². The molecule has 4 amide bonds. The standard InChI is InChI=1S/C37H68N4O7/c1-7-10-11-12-13-14-15-16-17-18-19-20-21-22-34(46)40-30(23-24-33(38)45)37(48)41-35(28(6)42)32(44)25-29(26(4)8-2)36(47)39-27(5)31(43)9-3/h26-30,35,42H,7-25H2,1-6H3,(H2,38,45)(H,39,47)(H,40,46)(H,41,48)/t26-,27-,28+,29-,30-,35-/m0/s1. The van der Waals surface area contributed by atoms with Crippen LogP contribution in [0.15, 0.2) is 0 Å². The smallest absolute Gasteiger partial charge is 0.243 e. The van der Waals surface area contributed by atoms with Crippen LogP contribution in [0.2, 0.25) is 0 Å². The molecule has 0 spiro atoms. The SMILES string of the molecule is CCCCCCCCCCCCCCCC(=O)N[C@@H](CCC(N)=O)C(=O)N[C@H](C(=O)C[C@H](C(=O)N[C@@H](C)C(=O)CC)[C@@H](C)CC)[C@@H](C)O. The van der Waals surface area contributed by atoms with Gasteiger partial charge in [-0.2, -0.15) is 0 Å². The lowest BCUT2D eigenvalue weighted by atomic mass is 9.84. The quantitative estimate of drug-likeness (QED) is 0.0647. The summed E-state index contributed by atoms with van der Waals surface area (Å²) in [7, 11) is 0. The molecule has 278 valence electrons. The second-order valence-corrected chi connectivity index (χ2v) is 13.6. The van der Waals surface area contributed by atoms with Crippen LogP contribution in [0, 0.1) is 11.8 Å². The highest BCUT2D eigenvalue weighted by Gasteiger charge is 2.35. The fraction of sp³-hybridized carbons (Fsp3) is 0.838. The van der Waals surface area contributed by atoms with Crippen molar-refractivity contribution in [3.8, 4) is 0 Å². The Balaban J connectivity index is 5.07. The second-order valence-electron chi connectivity index (χ2n) is 13.6. The van der Waals surface area contributed by atoms with E-state index in [1.165, 1.54) is 64.7 Å². The fourth-order valence-electron chi connectivity index (χ4n) is 5.74. The van der Waals surface area contributed by atoms with Crippen molar-refractivity contribution >= 4 is 35.2 Å². The number of unbranched alkanes of at least 4 members (excludes halogenated alkanes) is 12. The number of amides is 4. The number of carbonyl (C=O) groups excluding carboxylic acids is 6. The van der Waals surface area contributed by atoms with Crippen LogP contribution in [-0.2, 0) is 28.8 Å². The van der Waals surface area contributed by atoms with Gasteiger partial charge in [-0.3, -0.25) is 28.8 Å². The molecule has 0 radical (unpaired) electrons. The van der Waals surface area contributed by atoms with Crippen LogP contribution in [0.4, 0.5) is 0 Å². The van der Waals surface area contributed by atoms with Crippen LogP contribution in [0.5, 0.6) is 0 Å². The van der Waals surface area contributed by atoms with Gasteiger partial charge in [-0.1, -0.05) is 111 Å². The van der Waals surface area contributed by atoms with Crippen molar-refractivity contribution in [2.75, 3.05) is 0 Å². The molecule has 0 aromatic carbocycles. The Kier molecular flexibility index (Phi) is 25.5. The van der Waals surface area contributed by atoms with E-state index >= 15 is 0 Å². The highest BCUT2D eigenvalue weighted by Crippen LogP contribution is 2.22. The Morgan fingerprint density at radius 1 is 0.646 bits per heavy atom. The van der Waals surface area contributed by atoms with E-state index in [4.69, 9.17) is 5.73 Å². The lowest BCUT2D eigenvalue weighted by molar-refractivity contribution is -0.137. The third-order valence-corrected chi connectivity index (χ3v) is 9.24. The number of hydrogen-bond acceptors (Lipinski definition) is 7. The van der Waals surface area contributed by atoms with Crippen molar-refractivity contribution in [3.05, 3.63) is 0 Å². The number of ketones is 2. The van der Waals surface area contributed by atoms with E-state index in [0.29, 0.717) is 12.8 Å². The maximum Gasteiger partial charge on any atom is 0.243 e. The predicted octanol–water partition coefficient (Wildman–Crippen LogP) is 5.19. The number of nitrogens with two attached hydrogens (primary N) is 1. The molecule has 0 aliphatic heterocycles. The lowest BCUT2D eigenvalue weighted by Crippen LogP contribution is -2.55. The third-order valence-electron chi connectivity index (χ3n) is 9.24. The van der Waals surface area contributed by atoms with Crippen molar-refractivity contribution in [3.63, 3.8) is 0 Å². The lowest BCUT2D eigenvalue weighted by Gasteiger charge is -2.28. The van der Waals surface area contributed by atoms with Crippen molar-refractivity contribution in [2.45, 2.75) is 188 Å². The van der Waals surface area contributed by atoms with Crippen molar-refractivity contribution < 1.29 is 33.9 Å².